The number of rotatable bonds is 10. The van der Waals surface area contributed by atoms with Gasteiger partial charge in [0.25, 0.3) is 12.1 Å². The number of hydrogen-bond acceptors (Lipinski definition) is 8. The molecule has 1 fully saturated rings. The van der Waals surface area contributed by atoms with E-state index < -0.39 is 41.8 Å². The van der Waals surface area contributed by atoms with E-state index in [4.69, 9.17) is 9.47 Å². The molecule has 45 heavy (non-hydrogen) atoms. The normalized spacial score (nSPS) is 18.1. The molecule has 0 aliphatic carbocycles. The van der Waals surface area contributed by atoms with Gasteiger partial charge in [0, 0.05) is 30.2 Å². The van der Waals surface area contributed by atoms with Crippen molar-refractivity contribution in [3.8, 4) is 22.8 Å². The van der Waals surface area contributed by atoms with Crippen molar-refractivity contribution >= 4 is 11.9 Å². The number of methoxy groups -OCH3 is 1. The number of halogens is 4. The van der Waals surface area contributed by atoms with Crippen molar-refractivity contribution in [3.05, 3.63) is 64.3 Å². The molecule has 3 atom stereocenters. The number of alkyl halides is 3. The van der Waals surface area contributed by atoms with Gasteiger partial charge in [-0.15, -0.1) is 5.10 Å². The van der Waals surface area contributed by atoms with Crippen LogP contribution < -0.4 is 15.7 Å². The van der Waals surface area contributed by atoms with Gasteiger partial charge >= 0.3 is 17.8 Å². The van der Waals surface area contributed by atoms with Crippen LogP contribution in [0.2, 0.25) is 0 Å². The maximum absolute atomic E-state index is 14.2. The third-order valence-electron chi connectivity index (χ3n) is 7.25. The largest absolute Gasteiger partial charge is 0.494 e. The first-order valence-electron chi connectivity index (χ1n) is 14.3. The lowest BCUT2D eigenvalue weighted by atomic mass is 10.1. The number of amides is 1. The topological polar surface area (TPSA) is 117 Å². The number of hydrogen-bond donors (Lipinski definition) is 1. The number of carbonyl (C=O) groups excluding carboxylic acids is 2. The van der Waals surface area contributed by atoms with Crippen molar-refractivity contribution in [2.75, 3.05) is 26.9 Å². The number of esters is 1. The molecule has 0 spiro atoms. The van der Waals surface area contributed by atoms with Crippen LogP contribution >= 0.6 is 0 Å². The minimum Gasteiger partial charge on any atom is -0.494 e. The molecule has 3 aromatic rings. The molecule has 15 heteroatoms. The van der Waals surface area contributed by atoms with Gasteiger partial charge in [0.2, 0.25) is 0 Å². The molecule has 0 saturated carbocycles. The third kappa shape index (κ3) is 7.71. The van der Waals surface area contributed by atoms with E-state index in [-0.39, 0.29) is 34.9 Å². The second-order valence-electron chi connectivity index (χ2n) is 11.0. The van der Waals surface area contributed by atoms with E-state index in [0.717, 1.165) is 28.9 Å². The third-order valence-corrected chi connectivity index (χ3v) is 7.25. The highest BCUT2D eigenvalue weighted by atomic mass is 19.4. The van der Waals surface area contributed by atoms with Crippen LogP contribution in [0, 0.1) is 5.82 Å². The Bertz CT molecular complexity index is 1560. The molecule has 1 aliphatic rings. The Morgan fingerprint density at radius 3 is 2.31 bits per heavy atom. The summed E-state index contributed by atoms with van der Waals surface area (Å²) in [5.74, 6) is -5.30. The zero-order valence-electron chi connectivity index (χ0n) is 25.4. The summed E-state index contributed by atoms with van der Waals surface area (Å²) in [7, 11) is 1.19. The Hall–Kier alpha value is -4.24. The maximum Gasteiger partial charge on any atom is 0.491 e. The number of carbonyl (C=O) groups is 2. The Morgan fingerprint density at radius 2 is 1.73 bits per heavy atom. The van der Waals surface area contributed by atoms with Gasteiger partial charge in [0.15, 0.2) is 17.4 Å². The summed E-state index contributed by atoms with van der Waals surface area (Å²) in [6.45, 7) is 9.30. The highest BCUT2D eigenvalue weighted by Crippen LogP contribution is 2.29. The summed E-state index contributed by atoms with van der Waals surface area (Å²) in [6.07, 6.45) is -7.18. The Balaban J connectivity index is 1.78. The number of aromatic nitrogens is 3. The smallest absolute Gasteiger partial charge is 0.491 e. The molecule has 244 valence electrons. The molecular weight excluding hydrogens is 602 g/mol. The standard InChI is InChI=1S/C30H35F4N5O6/c1-17(2)35-26(40)27(45-28(41)30(32,33)34)38-25(21-8-11-23(31)24(14-21)43-5)36-39(29(38)42)22-9-6-20(7-10-22)12-13-37-18(3)15-44-16-19(37)4/h6-11,14,17-19,27H,12-13,15-16H2,1-5H3,(H,35,40). The van der Waals surface area contributed by atoms with E-state index in [2.05, 4.69) is 33.9 Å². The Kier molecular flexibility index (Phi) is 10.3. The fourth-order valence-corrected chi connectivity index (χ4v) is 5.04. The van der Waals surface area contributed by atoms with E-state index >= 15 is 0 Å². The molecule has 0 bridgehead atoms. The molecule has 2 aromatic carbocycles. The van der Waals surface area contributed by atoms with Crippen LogP contribution in [-0.2, 0) is 25.5 Å². The second-order valence-corrected chi connectivity index (χ2v) is 11.0. The van der Waals surface area contributed by atoms with Gasteiger partial charge in [-0.3, -0.25) is 9.69 Å². The minimum absolute atomic E-state index is 0.000115. The Labute approximate surface area is 256 Å². The number of nitrogens with zero attached hydrogens (tertiary/aromatic N) is 4. The average Bonchev–Trinajstić information content (AvgIpc) is 3.31. The van der Waals surface area contributed by atoms with E-state index in [1.165, 1.54) is 27.0 Å². The molecule has 4 rings (SSSR count). The summed E-state index contributed by atoms with van der Waals surface area (Å²) in [4.78, 5) is 41.2. The van der Waals surface area contributed by atoms with Gasteiger partial charge in [-0.25, -0.2) is 18.5 Å². The van der Waals surface area contributed by atoms with Crippen molar-refractivity contribution in [3.63, 3.8) is 0 Å². The van der Waals surface area contributed by atoms with Gasteiger partial charge in [0.1, 0.15) is 0 Å². The van der Waals surface area contributed by atoms with E-state index in [0.29, 0.717) is 24.2 Å². The van der Waals surface area contributed by atoms with Crippen LogP contribution in [0.1, 0.15) is 39.5 Å². The summed E-state index contributed by atoms with van der Waals surface area (Å²) in [6, 6.07) is 10.0. The van der Waals surface area contributed by atoms with E-state index in [1.54, 1.807) is 24.3 Å². The van der Waals surface area contributed by atoms with Gasteiger partial charge in [-0.05, 0) is 70.0 Å². The van der Waals surface area contributed by atoms with Crippen molar-refractivity contribution < 1.29 is 41.4 Å². The summed E-state index contributed by atoms with van der Waals surface area (Å²) >= 11 is 0. The maximum atomic E-state index is 14.2. The first-order chi connectivity index (χ1) is 21.2. The van der Waals surface area contributed by atoms with Gasteiger partial charge < -0.3 is 19.5 Å². The van der Waals surface area contributed by atoms with Crippen LogP contribution in [0.15, 0.2) is 47.3 Å². The molecular formula is C30H35F4N5O6. The fraction of sp³-hybridized carbons (Fsp3) is 0.467. The molecule has 1 N–H and O–H groups in total. The predicted octanol–water partition coefficient (Wildman–Crippen LogP) is 3.63. The molecule has 1 saturated heterocycles. The summed E-state index contributed by atoms with van der Waals surface area (Å²) in [5.41, 5.74) is 0.0841. The van der Waals surface area contributed by atoms with Crippen molar-refractivity contribution in [2.45, 2.75) is 64.6 Å². The summed E-state index contributed by atoms with van der Waals surface area (Å²) in [5, 5.41) is 6.65. The molecule has 11 nitrogen and oxygen atoms in total. The molecule has 1 aliphatic heterocycles. The molecule has 1 amide bonds. The number of ether oxygens (including phenoxy) is 3. The number of morpholine rings is 1. The van der Waals surface area contributed by atoms with Crippen molar-refractivity contribution in [1.82, 2.24) is 24.6 Å². The van der Waals surface area contributed by atoms with Gasteiger partial charge in [0.05, 0.1) is 26.0 Å². The lowest BCUT2D eigenvalue weighted by Gasteiger charge is -2.38. The van der Waals surface area contributed by atoms with Crippen LogP contribution in [0.5, 0.6) is 5.75 Å². The number of benzene rings is 2. The summed E-state index contributed by atoms with van der Waals surface area (Å²) < 4.78 is 70.6. The van der Waals surface area contributed by atoms with Gasteiger partial charge in [-0.2, -0.15) is 17.9 Å². The van der Waals surface area contributed by atoms with E-state index in [9.17, 15) is 31.9 Å². The van der Waals surface area contributed by atoms with Crippen LogP contribution in [-0.4, -0.2) is 82.3 Å². The van der Waals surface area contributed by atoms with E-state index in [1.807, 2.05) is 0 Å². The van der Waals surface area contributed by atoms with Crippen LogP contribution in [0.3, 0.4) is 0 Å². The van der Waals surface area contributed by atoms with Crippen molar-refractivity contribution in [1.29, 1.82) is 0 Å². The highest BCUT2D eigenvalue weighted by Gasteiger charge is 2.45. The zero-order chi connectivity index (χ0) is 33.1. The number of nitrogens with one attached hydrogen (secondary N) is 1. The quantitative estimate of drug-likeness (QED) is 0.265. The first kappa shape index (κ1) is 33.6. The van der Waals surface area contributed by atoms with Crippen LogP contribution in [0.25, 0.3) is 17.1 Å². The average molecular weight is 638 g/mol. The van der Waals surface area contributed by atoms with Crippen LogP contribution in [0.4, 0.5) is 17.6 Å². The minimum atomic E-state index is -5.47. The lowest BCUT2D eigenvalue weighted by molar-refractivity contribution is -0.209. The van der Waals surface area contributed by atoms with Crippen molar-refractivity contribution in [2.24, 2.45) is 0 Å². The first-order valence-corrected chi connectivity index (χ1v) is 14.3. The Morgan fingerprint density at radius 1 is 1.09 bits per heavy atom. The predicted molar refractivity (Wildman–Crippen MR) is 154 cm³/mol. The lowest BCUT2D eigenvalue weighted by Crippen LogP contribution is -2.50. The van der Waals surface area contributed by atoms with Gasteiger partial charge in [-0.1, -0.05) is 12.1 Å². The molecule has 2 heterocycles. The fourth-order valence-electron chi connectivity index (χ4n) is 5.04. The zero-order valence-corrected chi connectivity index (χ0v) is 25.4. The molecule has 0 radical (unpaired) electrons. The SMILES string of the molecule is COc1cc(-c2nn(-c3ccc(CCN4C(C)COCC4C)cc3)c(=O)n2C(OC(=O)C(F)(F)F)C(=O)NC(C)C)ccc1F. The molecule has 1 aromatic heterocycles. The monoisotopic (exact) mass is 637 g/mol. The molecule has 3 unspecified atom stereocenters. The highest BCUT2D eigenvalue weighted by molar-refractivity contribution is 5.84. The second kappa shape index (κ2) is 13.8.